The first-order valence-corrected chi connectivity index (χ1v) is 34.4. The molecule has 35 nitrogen and oxygen atoms in total. The van der Waals surface area contributed by atoms with Gasteiger partial charge in [-0.1, -0.05) is 43.2 Å². The van der Waals surface area contributed by atoms with Gasteiger partial charge in [0.2, 0.25) is 29.2 Å². The molecule has 0 unspecified atom stereocenters. The maximum atomic E-state index is 13.0. The predicted molar refractivity (Wildman–Crippen MR) is 396 cm³/mol. The predicted octanol–water partition coefficient (Wildman–Crippen LogP) is -6.33. The van der Waals surface area contributed by atoms with Crippen LogP contribution < -0.4 is 135 Å². The minimum absolute atomic E-state index is 0. The van der Waals surface area contributed by atoms with Crippen LogP contribution in [0.25, 0.3) is 55.2 Å². The molecule has 3 saturated heterocycles. The van der Waals surface area contributed by atoms with Crippen LogP contribution in [0.1, 0.15) is 84.7 Å². The van der Waals surface area contributed by atoms with Gasteiger partial charge in [-0.3, -0.25) is 47.9 Å². The molecule has 0 bridgehead atoms. The quantitative estimate of drug-likeness (QED) is 0.0215. The summed E-state index contributed by atoms with van der Waals surface area (Å²) in [7, 11) is 5.88. The average molecular weight is 1740 g/mol. The van der Waals surface area contributed by atoms with Gasteiger partial charge in [-0.25, -0.2) is 39.3 Å². The van der Waals surface area contributed by atoms with Gasteiger partial charge < -0.3 is 90.4 Å². The topological polar surface area (TPSA) is 420 Å². The van der Waals surface area contributed by atoms with Crippen LogP contribution in [-0.4, -0.2) is 259 Å². The van der Waals surface area contributed by atoms with E-state index in [2.05, 4.69) is 98.5 Å². The number of nitrogens with one attached hydrogen (secondary N) is 2. The number of hydrogen-bond acceptors (Lipinski definition) is 23. The van der Waals surface area contributed by atoms with E-state index in [1.54, 1.807) is 40.7 Å². The second-order valence-electron chi connectivity index (χ2n) is 24.0. The Balaban J connectivity index is 0.000000233. The number of H-pyrrole nitrogens is 2. The van der Waals surface area contributed by atoms with Gasteiger partial charge in [0.05, 0.1) is 86.2 Å². The molecule has 11 aromatic rings. The summed E-state index contributed by atoms with van der Waals surface area (Å²) in [5.41, 5.74) is 3.41. The number of carbonyl (C=O) groups is 10. The molecule has 13 heterocycles. The van der Waals surface area contributed by atoms with Crippen LogP contribution >= 0.6 is 31.9 Å². The smallest absolute Gasteiger partial charge is 1.00 e. The van der Waals surface area contributed by atoms with Crippen molar-refractivity contribution in [1.82, 2.24) is 98.8 Å². The Kier molecular flexibility index (Phi) is 33.1. The number of aliphatic hydroxyl groups excluding tert-OH is 1. The Morgan fingerprint density at radius 3 is 1.12 bits per heavy atom. The van der Waals surface area contributed by atoms with E-state index in [9.17, 15) is 47.9 Å². The fourth-order valence-electron chi connectivity index (χ4n) is 12.1. The molecule has 10 aromatic heterocycles. The first kappa shape index (κ1) is 91.6. The molecule has 3 fully saturated rings. The number of hydrogen-bond donors (Lipinski definition) is 3. The van der Waals surface area contributed by atoms with E-state index in [4.69, 9.17) is 24.1 Å². The van der Waals surface area contributed by atoms with Crippen molar-refractivity contribution in [2.75, 3.05) is 107 Å². The fourth-order valence-corrected chi connectivity index (χ4v) is 12.9. The number of aromatic nitrogens is 14. The largest absolute Gasteiger partial charge is 1.00 e. The second kappa shape index (κ2) is 40.5. The Bertz CT molecular complexity index is 5160. The number of amides is 6. The van der Waals surface area contributed by atoms with E-state index in [-0.39, 0.29) is 148 Å². The van der Waals surface area contributed by atoms with Crippen LogP contribution in [0.4, 0.5) is 0 Å². The van der Waals surface area contributed by atoms with E-state index >= 15 is 0 Å². The number of Topliss-reactive ketones (excluding diaryl/α,β-unsaturated/α-hetero) is 4. The summed E-state index contributed by atoms with van der Waals surface area (Å²) >= 11 is 6.60. The van der Waals surface area contributed by atoms with Crippen LogP contribution in [-0.2, 0) is 24.0 Å². The van der Waals surface area contributed by atoms with Crippen molar-refractivity contribution in [3.8, 4) is 34.6 Å². The zero-order valence-corrected chi connectivity index (χ0v) is 70.1. The van der Waals surface area contributed by atoms with Crippen molar-refractivity contribution in [2.45, 2.75) is 35.1 Å². The van der Waals surface area contributed by atoms with E-state index < -0.39 is 46.6 Å². The number of nitrogens with zero attached hydrogens (tertiary/aromatic N) is 18. The first-order chi connectivity index (χ1) is 51.4. The normalized spacial score (nSPS) is 13.0. The van der Waals surface area contributed by atoms with Crippen LogP contribution in [0.15, 0.2) is 114 Å². The Morgan fingerprint density at radius 1 is 0.473 bits per heavy atom. The van der Waals surface area contributed by atoms with Gasteiger partial charge in [-0.15, -0.1) is 0 Å². The molecule has 0 radical (unpaired) electrons. The summed E-state index contributed by atoms with van der Waals surface area (Å²) < 4.78 is 25.2. The van der Waals surface area contributed by atoms with Crippen LogP contribution in [0.3, 0.4) is 0 Å². The number of pyridine rings is 4. The van der Waals surface area contributed by atoms with Crippen molar-refractivity contribution < 1.29 is 178 Å². The number of allylic oxidation sites excluding steroid dienone is 1. The van der Waals surface area contributed by atoms with Crippen molar-refractivity contribution in [1.29, 1.82) is 0 Å². The van der Waals surface area contributed by atoms with Gasteiger partial charge in [-0.2, -0.15) is 22.6 Å². The van der Waals surface area contributed by atoms with Crippen LogP contribution in [0.5, 0.6) is 23.0 Å². The van der Waals surface area contributed by atoms with Gasteiger partial charge in [0, 0.05) is 132 Å². The summed E-state index contributed by atoms with van der Waals surface area (Å²) in [6.45, 7) is 13.8. The third kappa shape index (κ3) is 19.5. The molecule has 1 aromatic carbocycles. The molecule has 0 spiro atoms. The van der Waals surface area contributed by atoms with E-state index in [1.807, 2.05) is 18.2 Å². The molecule has 41 heteroatoms. The molecular weight excluding hydrogens is 1670 g/mol. The number of aromatic amines is 2. The molecular formula is C71H72Br3KLi2N20O15. The Labute approximate surface area is 733 Å². The number of aryl methyl sites for hydroxylation is 2. The van der Waals surface area contributed by atoms with Crippen molar-refractivity contribution in [2.24, 2.45) is 0 Å². The van der Waals surface area contributed by atoms with Crippen LogP contribution in [0.2, 0.25) is 0 Å². The monoisotopic (exact) mass is 1730 g/mol. The molecule has 3 aliphatic rings. The molecule has 3 aliphatic heterocycles. The van der Waals surface area contributed by atoms with Gasteiger partial charge in [0.1, 0.15) is 68.1 Å². The van der Waals surface area contributed by atoms with Gasteiger partial charge in [-0.05, 0) is 57.8 Å². The minimum Gasteiger partial charge on any atom is -1.00 e. The summed E-state index contributed by atoms with van der Waals surface area (Å²) in [5, 5.41) is 19.5. The van der Waals surface area contributed by atoms with Crippen molar-refractivity contribution in [3.63, 3.8) is 0 Å². The van der Waals surface area contributed by atoms with E-state index in [0.717, 1.165) is 0 Å². The summed E-state index contributed by atoms with van der Waals surface area (Å²) in [6.07, 6.45) is 14.6. The number of halogens is 3. The van der Waals surface area contributed by atoms with Gasteiger partial charge >= 0.3 is 89.1 Å². The number of rotatable bonds is 15. The zero-order chi connectivity index (χ0) is 76.7. The minimum atomic E-state index is -0.681. The number of methoxy groups -OCH3 is 4. The number of benzene rings is 1. The molecule has 3 N–H and O–H groups in total. The Hall–Kier alpha value is -9.23. The molecule has 0 saturated carbocycles. The second-order valence-corrected chi connectivity index (χ2v) is 25.5. The van der Waals surface area contributed by atoms with Crippen LogP contribution in [0, 0.1) is 13.8 Å². The summed E-state index contributed by atoms with van der Waals surface area (Å²) in [5.74, 6) is -1.68. The SMILES string of the molecule is C.C=C(O)C(=O)c1c[nH]c2c(Br)ncc(OC)c12.COc1cnc(-n2cnc(C)n2)c2[n-]cc(C(=O)C(=O)N3CCN(C(C)=O)CC3)c12.COc1cnc(-n2cnc(C)n2)c2[n-]cc(C(=O)C(=O)N3CCN(C(C)=O)CC3)c12.COc1cnc(Br)c2[nH]cc(C(=O)C(=O)N3CCN(C(=O)c4ccccc4)CC3)c12.[Br-].[K+].[Li+].[Li+]. The van der Waals surface area contributed by atoms with E-state index in [1.165, 1.54) is 129 Å². The molecule has 0 aliphatic carbocycles. The van der Waals surface area contributed by atoms with Crippen molar-refractivity contribution >= 4 is 134 Å². The fraction of sp³-hybridized carbons (Fsp3) is 0.296. The van der Waals surface area contributed by atoms with E-state index in [0.29, 0.717) is 189 Å². The molecule has 112 heavy (non-hydrogen) atoms. The number of aliphatic hydroxyl groups is 1. The Morgan fingerprint density at radius 2 is 0.795 bits per heavy atom. The third-order valence-corrected chi connectivity index (χ3v) is 18.9. The number of piperazine rings is 3. The maximum Gasteiger partial charge on any atom is 1.00 e. The molecule has 0 atom stereocenters. The summed E-state index contributed by atoms with van der Waals surface area (Å²) in [4.78, 5) is 174. The number of ether oxygens (including phenoxy) is 4. The standard InChI is InChI=1S/C21H19BrN4O4.2C19H21N7O4.C11H9BrN2O3.CH4.BrH.K.2Li/c1-30-15-12-24-19(22)17-16(15)14(11-23-17)18(27)21(29)26-9-7-25(8-10-26)20(28)13-5-3-2-4-6-13;2*1-11-22-10-26(23-11)18-16-15(14(30-3)9-21-18)13(8-20-16)17(28)19(29)25-6-4-24(5-7-25)12(2)27;1-5(15)10(16)6-3-13-9-8(6)7(17-2)4-14-11(9)12;;;;;/h2-6,11-12,23H,7-10H2,1H3;2*8-10H,4-7H2,1-3H3,(H,20,21,28);3-4,13,15H,1H2,2H3;1H4;1H;;;/q;;;;;;3*+1/p-3. The number of ketones is 4. The zero-order valence-electron chi connectivity index (χ0n) is 62.2. The number of carbonyl (C=O) groups excluding carboxylic acids is 10. The van der Waals surface area contributed by atoms with Crippen molar-refractivity contribution in [3.05, 3.63) is 154 Å². The molecule has 6 amide bonds. The van der Waals surface area contributed by atoms with Gasteiger partial charge in [0.15, 0.2) is 5.76 Å². The summed E-state index contributed by atoms with van der Waals surface area (Å²) in [6, 6.07) is 9.01. The third-order valence-electron chi connectivity index (χ3n) is 17.7. The maximum absolute atomic E-state index is 13.0. The molecule has 570 valence electrons. The first-order valence-electron chi connectivity index (χ1n) is 32.8. The number of fused-ring (bicyclic) bond motifs is 4. The molecule has 14 rings (SSSR count). The average Bonchev–Trinajstić information content (AvgIpc) is 1.62. The van der Waals surface area contributed by atoms with Gasteiger partial charge in [0.25, 0.3) is 29.4 Å².